The van der Waals surface area contributed by atoms with Gasteiger partial charge >= 0.3 is 0 Å². The van der Waals surface area contributed by atoms with Crippen LogP contribution in [0, 0.1) is 0 Å². The van der Waals surface area contributed by atoms with Crippen molar-refractivity contribution in [1.82, 2.24) is 0 Å². The molecule has 0 bridgehead atoms. The number of ether oxygens (including phenoxy) is 3. The third-order valence-electron chi connectivity index (χ3n) is 6.31. The predicted octanol–water partition coefficient (Wildman–Crippen LogP) is 5.58. The van der Waals surface area contributed by atoms with Crippen molar-refractivity contribution in [2.45, 2.75) is 31.1 Å². The smallest absolute Gasteiger partial charge is 0.235 e. The van der Waals surface area contributed by atoms with Gasteiger partial charge in [0.1, 0.15) is 12.4 Å². The molecule has 1 aliphatic heterocycles. The van der Waals surface area contributed by atoms with Gasteiger partial charge in [-0.1, -0.05) is 55.8 Å². The molecule has 3 aromatic carbocycles. The maximum absolute atomic E-state index is 13.7. The van der Waals surface area contributed by atoms with E-state index in [9.17, 15) is 4.79 Å². The minimum atomic E-state index is -0.569. The molecule has 3 aromatic rings. The van der Waals surface area contributed by atoms with Crippen molar-refractivity contribution in [3.05, 3.63) is 72.8 Å². The van der Waals surface area contributed by atoms with E-state index in [2.05, 4.69) is 11.9 Å². The molecule has 0 unspecified atom stereocenters. The van der Waals surface area contributed by atoms with Gasteiger partial charge in [0.25, 0.3) is 0 Å². The standard InChI is InChI=1S/C26H25NO4/c1-2-15-29-22-12-10-21(19-7-3-4-8-20(19)22)27-25(28)26(13-5-6-14-26)18-9-11-23-24(16-18)31-17-30-23/h2-4,7-12,16H,1,5-6,13-15,17H2,(H,27,28). The molecule has 2 aliphatic rings. The van der Waals surface area contributed by atoms with E-state index < -0.39 is 5.41 Å². The molecule has 1 aliphatic carbocycles. The van der Waals surface area contributed by atoms with Gasteiger partial charge in [-0.05, 0) is 42.7 Å². The maximum atomic E-state index is 13.7. The molecule has 1 fully saturated rings. The first-order valence-corrected chi connectivity index (χ1v) is 10.7. The van der Waals surface area contributed by atoms with Crippen LogP contribution < -0.4 is 19.5 Å². The van der Waals surface area contributed by atoms with E-state index in [1.165, 1.54) is 0 Å². The van der Waals surface area contributed by atoms with Crippen LogP contribution in [0.4, 0.5) is 5.69 Å². The normalized spacial score (nSPS) is 16.3. The van der Waals surface area contributed by atoms with Crippen molar-refractivity contribution in [2.75, 3.05) is 18.7 Å². The molecule has 31 heavy (non-hydrogen) atoms. The second-order valence-electron chi connectivity index (χ2n) is 8.07. The summed E-state index contributed by atoms with van der Waals surface area (Å²) in [6.45, 7) is 4.38. The summed E-state index contributed by atoms with van der Waals surface area (Å²) >= 11 is 0. The molecule has 158 valence electrons. The molecule has 5 heteroatoms. The monoisotopic (exact) mass is 415 g/mol. The Morgan fingerprint density at radius 3 is 2.61 bits per heavy atom. The Hall–Kier alpha value is -3.47. The second kappa shape index (κ2) is 7.99. The van der Waals surface area contributed by atoms with Crippen molar-refractivity contribution < 1.29 is 19.0 Å². The van der Waals surface area contributed by atoms with Crippen LogP contribution in [0.1, 0.15) is 31.2 Å². The third kappa shape index (κ3) is 3.40. The van der Waals surface area contributed by atoms with Crippen LogP contribution in [-0.4, -0.2) is 19.3 Å². The summed E-state index contributed by atoms with van der Waals surface area (Å²) < 4.78 is 16.8. The Labute approximate surface area is 181 Å². The fourth-order valence-corrected chi connectivity index (χ4v) is 4.72. The number of carbonyl (C=O) groups is 1. The molecule has 1 N–H and O–H groups in total. The lowest BCUT2D eigenvalue weighted by Crippen LogP contribution is -2.38. The second-order valence-corrected chi connectivity index (χ2v) is 8.07. The van der Waals surface area contributed by atoms with E-state index in [4.69, 9.17) is 14.2 Å². The predicted molar refractivity (Wildman–Crippen MR) is 121 cm³/mol. The van der Waals surface area contributed by atoms with Crippen LogP contribution in [0.5, 0.6) is 17.2 Å². The van der Waals surface area contributed by atoms with E-state index in [0.717, 1.165) is 59.2 Å². The van der Waals surface area contributed by atoms with Gasteiger partial charge < -0.3 is 19.5 Å². The number of carbonyl (C=O) groups excluding carboxylic acids is 1. The van der Waals surface area contributed by atoms with Crippen LogP contribution in [0.2, 0.25) is 0 Å². The summed E-state index contributed by atoms with van der Waals surface area (Å²) in [4.78, 5) is 13.7. The van der Waals surface area contributed by atoms with Crippen molar-refractivity contribution in [1.29, 1.82) is 0 Å². The number of hydrogen-bond donors (Lipinski definition) is 1. The first kappa shape index (κ1) is 19.5. The minimum absolute atomic E-state index is 0.0220. The highest BCUT2D eigenvalue weighted by Gasteiger charge is 2.43. The third-order valence-corrected chi connectivity index (χ3v) is 6.31. The molecule has 5 rings (SSSR count). The summed E-state index contributed by atoms with van der Waals surface area (Å²) in [6, 6.07) is 17.7. The molecule has 0 atom stereocenters. The Bertz CT molecular complexity index is 1150. The van der Waals surface area contributed by atoms with Crippen LogP contribution in [-0.2, 0) is 10.2 Å². The van der Waals surface area contributed by atoms with Gasteiger partial charge in [0.15, 0.2) is 11.5 Å². The Morgan fingerprint density at radius 1 is 1.03 bits per heavy atom. The lowest BCUT2D eigenvalue weighted by atomic mass is 9.77. The fraction of sp³-hybridized carbons (Fsp3) is 0.269. The fourth-order valence-electron chi connectivity index (χ4n) is 4.72. The summed E-state index contributed by atoms with van der Waals surface area (Å²) in [5.41, 5.74) is 1.21. The van der Waals surface area contributed by atoms with Crippen molar-refractivity contribution >= 4 is 22.4 Å². The molecule has 0 radical (unpaired) electrons. The molecule has 1 heterocycles. The number of rotatable bonds is 6. The number of fused-ring (bicyclic) bond motifs is 2. The highest BCUT2D eigenvalue weighted by Crippen LogP contribution is 2.45. The van der Waals surface area contributed by atoms with Gasteiger partial charge in [-0.2, -0.15) is 0 Å². The minimum Gasteiger partial charge on any atom is -0.489 e. The Kier molecular flexibility index (Phi) is 5.02. The number of amides is 1. The highest BCUT2D eigenvalue weighted by atomic mass is 16.7. The first-order valence-electron chi connectivity index (χ1n) is 10.7. The number of nitrogens with one attached hydrogen (secondary N) is 1. The Morgan fingerprint density at radius 2 is 1.81 bits per heavy atom. The molecule has 0 aromatic heterocycles. The zero-order valence-corrected chi connectivity index (χ0v) is 17.4. The largest absolute Gasteiger partial charge is 0.489 e. The van der Waals surface area contributed by atoms with Crippen molar-refractivity contribution in [3.63, 3.8) is 0 Å². The van der Waals surface area contributed by atoms with Gasteiger partial charge in [-0.15, -0.1) is 0 Å². The lowest BCUT2D eigenvalue weighted by Gasteiger charge is -2.29. The molecule has 5 nitrogen and oxygen atoms in total. The zero-order chi connectivity index (χ0) is 21.3. The number of anilines is 1. The average Bonchev–Trinajstić information content (AvgIpc) is 3.48. The van der Waals surface area contributed by atoms with E-state index >= 15 is 0 Å². The SMILES string of the molecule is C=CCOc1ccc(NC(=O)C2(c3ccc4c(c3)OCO4)CCCC2)c2ccccc12. The van der Waals surface area contributed by atoms with Gasteiger partial charge in [-0.25, -0.2) is 0 Å². The van der Waals surface area contributed by atoms with Gasteiger partial charge in [-0.3, -0.25) is 4.79 Å². The van der Waals surface area contributed by atoms with Gasteiger partial charge in [0.05, 0.1) is 5.41 Å². The highest BCUT2D eigenvalue weighted by molar-refractivity contribution is 6.07. The van der Waals surface area contributed by atoms with E-state index in [1.807, 2.05) is 54.6 Å². The first-order chi connectivity index (χ1) is 15.2. The van der Waals surface area contributed by atoms with E-state index in [0.29, 0.717) is 12.4 Å². The van der Waals surface area contributed by atoms with Gasteiger partial charge in [0.2, 0.25) is 12.7 Å². The molecule has 1 saturated carbocycles. The quantitative estimate of drug-likeness (QED) is 0.534. The topological polar surface area (TPSA) is 56.8 Å². The van der Waals surface area contributed by atoms with Crippen LogP contribution in [0.3, 0.4) is 0 Å². The molecule has 0 spiro atoms. The number of hydrogen-bond acceptors (Lipinski definition) is 4. The zero-order valence-electron chi connectivity index (χ0n) is 17.4. The summed E-state index contributed by atoms with van der Waals surface area (Å²) in [7, 11) is 0. The molecule has 0 saturated heterocycles. The van der Waals surface area contributed by atoms with E-state index in [1.54, 1.807) is 6.08 Å². The van der Waals surface area contributed by atoms with Crippen LogP contribution >= 0.6 is 0 Å². The van der Waals surface area contributed by atoms with Crippen molar-refractivity contribution in [3.8, 4) is 17.2 Å². The van der Waals surface area contributed by atoms with E-state index in [-0.39, 0.29) is 12.7 Å². The van der Waals surface area contributed by atoms with Crippen molar-refractivity contribution in [2.24, 2.45) is 0 Å². The summed E-state index contributed by atoms with van der Waals surface area (Å²) in [5, 5.41) is 5.15. The average molecular weight is 415 g/mol. The van der Waals surface area contributed by atoms with Gasteiger partial charge in [0, 0.05) is 16.5 Å². The van der Waals surface area contributed by atoms with Crippen LogP contribution in [0.15, 0.2) is 67.3 Å². The number of benzene rings is 3. The lowest BCUT2D eigenvalue weighted by molar-refractivity contribution is -0.121. The molecular formula is C26H25NO4. The maximum Gasteiger partial charge on any atom is 0.235 e. The Balaban J connectivity index is 1.50. The molecule has 1 amide bonds. The summed E-state index contributed by atoms with van der Waals surface area (Å²) in [5.74, 6) is 2.25. The van der Waals surface area contributed by atoms with Crippen LogP contribution in [0.25, 0.3) is 10.8 Å². The summed E-state index contributed by atoms with van der Waals surface area (Å²) in [6.07, 6.45) is 5.40. The molecular weight excluding hydrogens is 390 g/mol.